The second-order valence-electron chi connectivity index (χ2n) is 4.25. The lowest BCUT2D eigenvalue weighted by Gasteiger charge is -2.10. The van der Waals surface area contributed by atoms with Gasteiger partial charge in [-0.2, -0.15) is 0 Å². The number of rotatable bonds is 4. The van der Waals surface area contributed by atoms with E-state index in [0.717, 1.165) is 17.5 Å². The highest BCUT2D eigenvalue weighted by molar-refractivity contribution is 5.75. The number of carbonyl (C=O) groups is 1. The Bertz CT molecular complexity index is 354. The molecule has 0 atom stereocenters. The summed E-state index contributed by atoms with van der Waals surface area (Å²) >= 11 is 0. The van der Waals surface area contributed by atoms with Crippen LogP contribution in [0.5, 0.6) is 5.75 Å². The van der Waals surface area contributed by atoms with Crippen LogP contribution in [-0.4, -0.2) is 10.9 Å². The molecule has 0 unspecified atom stereocenters. The summed E-state index contributed by atoms with van der Waals surface area (Å²) in [4.78, 5) is 10.9. The van der Waals surface area contributed by atoms with E-state index >= 15 is 0 Å². The number of hydrogen-bond acceptors (Lipinski definition) is 2. The van der Waals surface area contributed by atoms with E-state index in [2.05, 4.69) is 0 Å². The summed E-state index contributed by atoms with van der Waals surface area (Å²) in [7, 11) is 0. The van der Waals surface area contributed by atoms with E-state index in [1.165, 1.54) is 0 Å². The Morgan fingerprint density at radius 3 is 2.60 bits per heavy atom. The Kier molecular flexibility index (Phi) is 3.89. The first-order valence-electron chi connectivity index (χ1n) is 5.32. The maximum Gasteiger partial charge on any atom is 0.130 e. The van der Waals surface area contributed by atoms with Crippen molar-refractivity contribution in [1.82, 2.24) is 0 Å². The SMILES string of the molecule is CC(=O)CCc1ccc(O)c(C(C)C)c1. The molecular formula is C13H18O2. The van der Waals surface area contributed by atoms with Crippen LogP contribution >= 0.6 is 0 Å². The molecule has 1 aromatic carbocycles. The Morgan fingerprint density at radius 2 is 2.07 bits per heavy atom. The van der Waals surface area contributed by atoms with Crippen molar-refractivity contribution in [1.29, 1.82) is 0 Å². The van der Waals surface area contributed by atoms with Gasteiger partial charge in [0.25, 0.3) is 0 Å². The van der Waals surface area contributed by atoms with Crippen molar-refractivity contribution in [3.8, 4) is 5.75 Å². The molecule has 15 heavy (non-hydrogen) atoms. The summed E-state index contributed by atoms with van der Waals surface area (Å²) in [6.45, 7) is 5.69. The minimum atomic E-state index is 0.203. The number of phenolic OH excluding ortho intramolecular Hbond substituents is 1. The molecule has 0 aliphatic rings. The minimum Gasteiger partial charge on any atom is -0.508 e. The summed E-state index contributed by atoms with van der Waals surface area (Å²) in [6.07, 6.45) is 1.33. The van der Waals surface area contributed by atoms with Gasteiger partial charge in [-0.05, 0) is 36.5 Å². The van der Waals surface area contributed by atoms with Crippen LogP contribution in [-0.2, 0) is 11.2 Å². The van der Waals surface area contributed by atoms with Gasteiger partial charge >= 0.3 is 0 Å². The predicted octanol–water partition coefficient (Wildman–Crippen LogP) is 3.04. The third kappa shape index (κ3) is 3.39. The van der Waals surface area contributed by atoms with Gasteiger partial charge in [0.2, 0.25) is 0 Å². The van der Waals surface area contributed by atoms with E-state index in [4.69, 9.17) is 0 Å². The summed E-state index contributed by atoms with van der Waals surface area (Å²) in [5.41, 5.74) is 2.07. The van der Waals surface area contributed by atoms with E-state index in [-0.39, 0.29) is 5.78 Å². The van der Waals surface area contributed by atoms with Gasteiger partial charge in [-0.1, -0.05) is 26.0 Å². The highest BCUT2D eigenvalue weighted by Crippen LogP contribution is 2.26. The van der Waals surface area contributed by atoms with Crippen molar-refractivity contribution in [3.63, 3.8) is 0 Å². The van der Waals surface area contributed by atoms with Gasteiger partial charge in [0.05, 0.1) is 0 Å². The molecule has 1 aromatic rings. The lowest BCUT2D eigenvalue weighted by Crippen LogP contribution is -1.96. The highest BCUT2D eigenvalue weighted by Gasteiger charge is 2.07. The topological polar surface area (TPSA) is 37.3 Å². The summed E-state index contributed by atoms with van der Waals surface area (Å²) < 4.78 is 0. The first-order chi connectivity index (χ1) is 7.00. The fraction of sp³-hybridized carbons (Fsp3) is 0.462. The monoisotopic (exact) mass is 206 g/mol. The number of hydrogen-bond donors (Lipinski definition) is 1. The summed E-state index contributed by atoms with van der Waals surface area (Å²) in [6, 6.07) is 5.58. The normalized spacial score (nSPS) is 10.7. The van der Waals surface area contributed by atoms with Crippen molar-refractivity contribution in [2.24, 2.45) is 0 Å². The molecule has 0 spiro atoms. The van der Waals surface area contributed by atoms with Crippen molar-refractivity contribution in [3.05, 3.63) is 29.3 Å². The van der Waals surface area contributed by atoms with Crippen molar-refractivity contribution in [2.45, 2.75) is 39.5 Å². The van der Waals surface area contributed by atoms with E-state index in [0.29, 0.717) is 18.1 Å². The maximum absolute atomic E-state index is 10.9. The zero-order chi connectivity index (χ0) is 11.4. The Balaban J connectivity index is 2.83. The first kappa shape index (κ1) is 11.8. The van der Waals surface area contributed by atoms with Gasteiger partial charge in [-0.25, -0.2) is 0 Å². The smallest absolute Gasteiger partial charge is 0.130 e. The average Bonchev–Trinajstić information content (AvgIpc) is 2.16. The van der Waals surface area contributed by atoms with Gasteiger partial charge in [-0.3, -0.25) is 0 Å². The van der Waals surface area contributed by atoms with E-state index in [9.17, 15) is 9.90 Å². The Hall–Kier alpha value is -1.31. The van der Waals surface area contributed by atoms with Crippen molar-refractivity contribution in [2.75, 3.05) is 0 Å². The van der Waals surface area contributed by atoms with Gasteiger partial charge in [0.15, 0.2) is 0 Å². The molecule has 0 aromatic heterocycles. The second kappa shape index (κ2) is 4.96. The molecule has 0 heterocycles. The maximum atomic E-state index is 10.9. The number of benzene rings is 1. The predicted molar refractivity (Wildman–Crippen MR) is 61.2 cm³/mol. The van der Waals surface area contributed by atoms with E-state index < -0.39 is 0 Å². The van der Waals surface area contributed by atoms with Gasteiger partial charge in [0.1, 0.15) is 11.5 Å². The van der Waals surface area contributed by atoms with Crippen LogP contribution < -0.4 is 0 Å². The number of ketones is 1. The number of Topliss-reactive ketones (excluding diaryl/α,β-unsaturated/α-hetero) is 1. The summed E-state index contributed by atoms with van der Waals surface area (Å²) in [5, 5.41) is 9.62. The molecule has 1 N–H and O–H groups in total. The molecule has 0 radical (unpaired) electrons. The number of aryl methyl sites for hydroxylation is 1. The molecule has 82 valence electrons. The fourth-order valence-corrected chi connectivity index (χ4v) is 1.54. The zero-order valence-electron chi connectivity index (χ0n) is 9.58. The molecule has 1 rings (SSSR count). The lowest BCUT2D eigenvalue weighted by molar-refractivity contribution is -0.116. The second-order valence-corrected chi connectivity index (χ2v) is 4.25. The van der Waals surface area contributed by atoms with E-state index in [1.54, 1.807) is 13.0 Å². The van der Waals surface area contributed by atoms with Crippen molar-refractivity contribution >= 4 is 5.78 Å². The molecule has 0 aliphatic carbocycles. The van der Waals surface area contributed by atoms with Crippen molar-refractivity contribution < 1.29 is 9.90 Å². The van der Waals surface area contributed by atoms with Crippen LogP contribution in [0, 0.1) is 0 Å². The van der Waals surface area contributed by atoms with Crippen LogP contribution in [0.3, 0.4) is 0 Å². The van der Waals surface area contributed by atoms with Crippen LogP contribution in [0.2, 0.25) is 0 Å². The molecule has 0 saturated heterocycles. The third-order valence-electron chi connectivity index (χ3n) is 2.48. The molecule has 0 amide bonds. The number of phenols is 1. The standard InChI is InChI=1S/C13H18O2/c1-9(2)12-8-11(5-4-10(3)14)6-7-13(12)15/h6-9,15H,4-5H2,1-3H3. The molecule has 2 nitrogen and oxygen atoms in total. The van der Waals surface area contributed by atoms with E-state index in [1.807, 2.05) is 26.0 Å². The van der Waals surface area contributed by atoms with Gasteiger partial charge in [-0.15, -0.1) is 0 Å². The molecule has 0 bridgehead atoms. The number of carbonyl (C=O) groups excluding carboxylic acids is 1. The fourth-order valence-electron chi connectivity index (χ4n) is 1.54. The zero-order valence-corrected chi connectivity index (χ0v) is 9.58. The lowest BCUT2D eigenvalue weighted by atomic mass is 9.97. The van der Waals surface area contributed by atoms with Crippen LogP contribution in [0.15, 0.2) is 18.2 Å². The molecule has 2 heteroatoms. The Morgan fingerprint density at radius 1 is 1.40 bits per heavy atom. The molecular weight excluding hydrogens is 188 g/mol. The molecule has 0 aliphatic heterocycles. The third-order valence-corrected chi connectivity index (χ3v) is 2.48. The minimum absolute atomic E-state index is 0.203. The number of aromatic hydroxyl groups is 1. The van der Waals surface area contributed by atoms with Gasteiger partial charge in [0, 0.05) is 6.42 Å². The molecule has 0 fully saturated rings. The first-order valence-corrected chi connectivity index (χ1v) is 5.32. The Labute approximate surface area is 90.9 Å². The largest absolute Gasteiger partial charge is 0.508 e. The van der Waals surface area contributed by atoms with Crippen LogP contribution in [0.4, 0.5) is 0 Å². The quantitative estimate of drug-likeness (QED) is 0.822. The van der Waals surface area contributed by atoms with Crippen LogP contribution in [0.25, 0.3) is 0 Å². The summed E-state index contributed by atoms with van der Waals surface area (Å²) in [5.74, 6) is 0.855. The highest BCUT2D eigenvalue weighted by atomic mass is 16.3. The molecule has 0 saturated carbocycles. The van der Waals surface area contributed by atoms with Gasteiger partial charge < -0.3 is 9.90 Å². The van der Waals surface area contributed by atoms with Crippen LogP contribution in [0.1, 0.15) is 44.2 Å². The average molecular weight is 206 g/mol.